The molecule has 3 N–H and O–H groups in total. The second kappa shape index (κ2) is 7.53. The molecule has 104 valence electrons. The molecular formula is C10H23ClN2O3S. The molecule has 0 radical (unpaired) electrons. The molecule has 0 saturated heterocycles. The van der Waals surface area contributed by atoms with Crippen molar-refractivity contribution in [2.45, 2.75) is 37.6 Å². The Kier molecular flexibility index (Phi) is 7.58. The van der Waals surface area contributed by atoms with Crippen LogP contribution in [0, 0.1) is 0 Å². The lowest BCUT2D eigenvalue weighted by Crippen LogP contribution is -2.51. The van der Waals surface area contributed by atoms with Crippen LogP contribution in [0.1, 0.15) is 32.1 Å². The van der Waals surface area contributed by atoms with E-state index in [-0.39, 0.29) is 30.3 Å². The molecule has 0 atom stereocenters. The number of hydrogen-bond acceptors (Lipinski definition) is 4. The van der Waals surface area contributed by atoms with E-state index in [1.54, 1.807) is 0 Å². The average Bonchev–Trinajstić information content (AvgIpc) is 2.25. The Morgan fingerprint density at radius 3 is 2.41 bits per heavy atom. The van der Waals surface area contributed by atoms with Gasteiger partial charge in [-0.1, -0.05) is 19.3 Å². The monoisotopic (exact) mass is 286 g/mol. The summed E-state index contributed by atoms with van der Waals surface area (Å²) in [7, 11) is -1.75. The van der Waals surface area contributed by atoms with Gasteiger partial charge in [-0.2, -0.15) is 0 Å². The summed E-state index contributed by atoms with van der Waals surface area (Å²) in [6.45, 7) is 0.561. The van der Waals surface area contributed by atoms with E-state index in [0.717, 1.165) is 25.7 Å². The van der Waals surface area contributed by atoms with Crippen molar-refractivity contribution in [3.63, 3.8) is 0 Å². The van der Waals surface area contributed by atoms with Crippen LogP contribution in [0.4, 0.5) is 0 Å². The summed E-state index contributed by atoms with van der Waals surface area (Å²) in [6.07, 6.45) is 5.20. The van der Waals surface area contributed by atoms with Crippen LogP contribution in [0.3, 0.4) is 0 Å². The SMILES string of the molecule is COCCS(=O)(=O)NCC1(N)CCCCC1.Cl. The lowest BCUT2D eigenvalue weighted by molar-refractivity contribution is 0.216. The van der Waals surface area contributed by atoms with Crippen LogP contribution >= 0.6 is 12.4 Å². The van der Waals surface area contributed by atoms with Gasteiger partial charge in [-0.25, -0.2) is 13.1 Å². The Morgan fingerprint density at radius 2 is 1.88 bits per heavy atom. The Hall–Kier alpha value is 0.120. The van der Waals surface area contributed by atoms with Gasteiger partial charge in [-0.15, -0.1) is 12.4 Å². The molecule has 1 saturated carbocycles. The van der Waals surface area contributed by atoms with Gasteiger partial charge in [0, 0.05) is 19.2 Å². The van der Waals surface area contributed by atoms with E-state index in [0.29, 0.717) is 6.54 Å². The van der Waals surface area contributed by atoms with Gasteiger partial charge in [0.2, 0.25) is 10.0 Å². The fourth-order valence-electron chi connectivity index (χ4n) is 1.95. The first-order valence-electron chi connectivity index (χ1n) is 5.73. The second-order valence-electron chi connectivity index (χ2n) is 4.56. The van der Waals surface area contributed by atoms with Crippen molar-refractivity contribution in [3.8, 4) is 0 Å². The van der Waals surface area contributed by atoms with Gasteiger partial charge in [0.25, 0.3) is 0 Å². The fraction of sp³-hybridized carbons (Fsp3) is 1.00. The number of nitrogens with two attached hydrogens (primary N) is 1. The Balaban J connectivity index is 0.00000256. The predicted octanol–water partition coefficient (Wildman–Crippen LogP) is 0.636. The minimum atomic E-state index is -3.24. The van der Waals surface area contributed by atoms with E-state index in [4.69, 9.17) is 10.5 Å². The summed E-state index contributed by atoms with van der Waals surface area (Å²) in [4.78, 5) is 0. The lowest BCUT2D eigenvalue weighted by Gasteiger charge is -2.33. The van der Waals surface area contributed by atoms with E-state index < -0.39 is 10.0 Å². The summed E-state index contributed by atoms with van der Waals surface area (Å²) < 4.78 is 30.4. The van der Waals surface area contributed by atoms with Crippen molar-refractivity contribution in [1.82, 2.24) is 4.72 Å². The van der Waals surface area contributed by atoms with E-state index in [1.165, 1.54) is 13.5 Å². The van der Waals surface area contributed by atoms with Crippen molar-refractivity contribution in [2.75, 3.05) is 26.0 Å². The van der Waals surface area contributed by atoms with Crippen molar-refractivity contribution in [2.24, 2.45) is 5.73 Å². The average molecular weight is 287 g/mol. The fourth-order valence-corrected chi connectivity index (χ4v) is 2.99. The Bertz CT molecular complexity index is 303. The molecule has 0 bridgehead atoms. The maximum atomic E-state index is 11.5. The zero-order chi connectivity index (χ0) is 12.1. The topological polar surface area (TPSA) is 81.4 Å². The van der Waals surface area contributed by atoms with Crippen LogP contribution in [0.2, 0.25) is 0 Å². The number of hydrogen-bond donors (Lipinski definition) is 2. The molecule has 1 rings (SSSR count). The number of halogens is 1. The number of nitrogens with one attached hydrogen (secondary N) is 1. The predicted molar refractivity (Wildman–Crippen MR) is 70.9 cm³/mol. The highest BCUT2D eigenvalue weighted by atomic mass is 35.5. The molecule has 1 fully saturated rings. The van der Waals surface area contributed by atoms with Crippen molar-refractivity contribution in [3.05, 3.63) is 0 Å². The number of sulfonamides is 1. The zero-order valence-electron chi connectivity index (χ0n) is 10.3. The maximum absolute atomic E-state index is 11.5. The summed E-state index contributed by atoms with van der Waals surface area (Å²) >= 11 is 0. The highest BCUT2D eigenvalue weighted by Gasteiger charge is 2.28. The highest BCUT2D eigenvalue weighted by Crippen LogP contribution is 2.25. The number of methoxy groups -OCH3 is 1. The lowest BCUT2D eigenvalue weighted by atomic mass is 9.83. The van der Waals surface area contributed by atoms with Crippen molar-refractivity contribution >= 4 is 22.4 Å². The summed E-state index contributed by atoms with van der Waals surface area (Å²) in [5.74, 6) is -0.000417. The van der Waals surface area contributed by atoms with Crippen LogP contribution in [-0.4, -0.2) is 40.0 Å². The van der Waals surface area contributed by atoms with E-state index in [9.17, 15) is 8.42 Å². The second-order valence-corrected chi connectivity index (χ2v) is 6.48. The summed E-state index contributed by atoms with van der Waals surface area (Å²) in [5.41, 5.74) is 5.79. The Labute approximate surface area is 110 Å². The molecule has 1 aliphatic carbocycles. The molecule has 0 amide bonds. The third-order valence-corrected chi connectivity index (χ3v) is 4.34. The van der Waals surface area contributed by atoms with Gasteiger partial charge < -0.3 is 10.5 Å². The smallest absolute Gasteiger partial charge is 0.213 e. The number of rotatable bonds is 6. The van der Waals surface area contributed by atoms with Crippen molar-refractivity contribution in [1.29, 1.82) is 0 Å². The molecule has 1 aliphatic rings. The van der Waals surface area contributed by atoms with Gasteiger partial charge in [0.05, 0.1) is 12.4 Å². The maximum Gasteiger partial charge on any atom is 0.213 e. The standard InChI is InChI=1S/C10H22N2O3S.ClH/c1-15-7-8-16(13,14)12-9-10(11)5-3-2-4-6-10;/h12H,2-9,11H2,1H3;1H. The molecule has 0 heterocycles. The first-order valence-corrected chi connectivity index (χ1v) is 7.38. The van der Waals surface area contributed by atoms with E-state index >= 15 is 0 Å². The summed E-state index contributed by atoms with van der Waals surface area (Å²) in [5, 5.41) is 0. The van der Waals surface area contributed by atoms with E-state index in [2.05, 4.69) is 4.72 Å². The van der Waals surface area contributed by atoms with Gasteiger partial charge in [-0.3, -0.25) is 0 Å². The molecule has 5 nitrogen and oxygen atoms in total. The first-order chi connectivity index (χ1) is 7.47. The van der Waals surface area contributed by atoms with Gasteiger partial charge >= 0.3 is 0 Å². The minimum Gasteiger partial charge on any atom is -0.384 e. The van der Waals surface area contributed by atoms with Crippen LogP contribution in [0.15, 0.2) is 0 Å². The van der Waals surface area contributed by atoms with Gasteiger partial charge in [-0.05, 0) is 12.8 Å². The third-order valence-electron chi connectivity index (χ3n) is 3.05. The number of ether oxygens (including phenoxy) is 1. The molecule has 0 aliphatic heterocycles. The van der Waals surface area contributed by atoms with Crippen LogP contribution < -0.4 is 10.5 Å². The molecule has 7 heteroatoms. The molecule has 0 aromatic heterocycles. The third kappa shape index (κ3) is 6.57. The molecule has 17 heavy (non-hydrogen) atoms. The summed E-state index contributed by atoms with van der Waals surface area (Å²) in [6, 6.07) is 0. The van der Waals surface area contributed by atoms with Crippen LogP contribution in [0.25, 0.3) is 0 Å². The van der Waals surface area contributed by atoms with Crippen LogP contribution in [-0.2, 0) is 14.8 Å². The normalized spacial score (nSPS) is 19.6. The van der Waals surface area contributed by atoms with Gasteiger partial charge in [0.15, 0.2) is 0 Å². The van der Waals surface area contributed by atoms with Crippen molar-refractivity contribution < 1.29 is 13.2 Å². The highest BCUT2D eigenvalue weighted by molar-refractivity contribution is 7.89. The molecule has 0 aromatic carbocycles. The van der Waals surface area contributed by atoms with Crippen LogP contribution in [0.5, 0.6) is 0 Å². The quantitative estimate of drug-likeness (QED) is 0.751. The zero-order valence-corrected chi connectivity index (χ0v) is 11.9. The minimum absolute atomic E-state index is 0. The molecule has 0 unspecified atom stereocenters. The Morgan fingerprint density at radius 1 is 1.29 bits per heavy atom. The van der Waals surface area contributed by atoms with E-state index in [1.807, 2.05) is 0 Å². The van der Waals surface area contributed by atoms with Gasteiger partial charge in [0.1, 0.15) is 0 Å². The molecular weight excluding hydrogens is 264 g/mol. The largest absolute Gasteiger partial charge is 0.384 e. The first kappa shape index (κ1) is 17.1. The molecule has 0 spiro atoms. The molecule has 0 aromatic rings.